The summed E-state index contributed by atoms with van der Waals surface area (Å²) in [5.41, 5.74) is 7.53. The predicted octanol–water partition coefficient (Wildman–Crippen LogP) is 2.57. The summed E-state index contributed by atoms with van der Waals surface area (Å²) in [5.74, 6) is -1.57. The van der Waals surface area contributed by atoms with Crippen LogP contribution in [0.3, 0.4) is 0 Å². The van der Waals surface area contributed by atoms with Gasteiger partial charge in [0, 0.05) is 5.02 Å². The topological polar surface area (TPSA) is 77.2 Å². The molecule has 0 saturated carbocycles. The summed E-state index contributed by atoms with van der Waals surface area (Å²) in [6.07, 6.45) is 0. The highest BCUT2D eigenvalue weighted by atomic mass is 35.5. The van der Waals surface area contributed by atoms with Gasteiger partial charge in [0.05, 0.1) is 4.90 Å². The molecule has 0 bridgehead atoms. The highest BCUT2D eigenvalue weighted by Crippen LogP contribution is 2.27. The Labute approximate surface area is 128 Å². The standard InChI is InChI=1S/C15H14ClNO3S/c1-10-2-7-13(21(19,20)9-15(17)18)8-14(10)11-3-5-12(16)6-4-11/h2-8H,9H2,1H3,(H2,17,18). The lowest BCUT2D eigenvalue weighted by atomic mass is 10.0. The molecule has 2 aromatic carbocycles. The van der Waals surface area contributed by atoms with Gasteiger partial charge < -0.3 is 5.73 Å². The van der Waals surface area contributed by atoms with Crippen molar-refractivity contribution in [2.45, 2.75) is 11.8 Å². The Hall–Kier alpha value is -1.85. The fourth-order valence-corrected chi connectivity index (χ4v) is 3.25. The molecule has 1 amide bonds. The van der Waals surface area contributed by atoms with Gasteiger partial charge in [0.2, 0.25) is 5.91 Å². The molecule has 0 atom stereocenters. The first-order chi connectivity index (χ1) is 9.79. The van der Waals surface area contributed by atoms with E-state index in [1.54, 1.807) is 24.3 Å². The van der Waals surface area contributed by atoms with Gasteiger partial charge in [0.25, 0.3) is 0 Å². The molecule has 0 aliphatic rings. The van der Waals surface area contributed by atoms with Crippen LogP contribution in [0.2, 0.25) is 5.02 Å². The molecule has 21 heavy (non-hydrogen) atoms. The van der Waals surface area contributed by atoms with Gasteiger partial charge in [0.1, 0.15) is 5.75 Å². The van der Waals surface area contributed by atoms with Gasteiger partial charge in [-0.2, -0.15) is 0 Å². The Bertz CT molecular complexity index is 783. The van der Waals surface area contributed by atoms with Gasteiger partial charge in [0.15, 0.2) is 9.84 Å². The Morgan fingerprint density at radius 3 is 2.33 bits per heavy atom. The molecule has 6 heteroatoms. The van der Waals surface area contributed by atoms with E-state index < -0.39 is 21.5 Å². The SMILES string of the molecule is Cc1ccc(S(=O)(=O)CC(N)=O)cc1-c1ccc(Cl)cc1. The van der Waals surface area contributed by atoms with E-state index in [2.05, 4.69) is 0 Å². The summed E-state index contributed by atoms with van der Waals surface area (Å²) in [4.78, 5) is 11.0. The van der Waals surface area contributed by atoms with Crippen LogP contribution in [0.4, 0.5) is 0 Å². The molecule has 0 aliphatic carbocycles. The van der Waals surface area contributed by atoms with Crippen molar-refractivity contribution >= 4 is 27.3 Å². The van der Waals surface area contributed by atoms with Crippen molar-refractivity contribution in [1.82, 2.24) is 0 Å². The fraction of sp³-hybridized carbons (Fsp3) is 0.133. The van der Waals surface area contributed by atoms with Crippen LogP contribution in [-0.4, -0.2) is 20.1 Å². The Morgan fingerprint density at radius 2 is 1.76 bits per heavy atom. The van der Waals surface area contributed by atoms with Gasteiger partial charge in [-0.3, -0.25) is 4.79 Å². The molecule has 2 aromatic rings. The largest absolute Gasteiger partial charge is 0.369 e. The van der Waals surface area contributed by atoms with E-state index in [0.717, 1.165) is 16.7 Å². The number of sulfone groups is 1. The van der Waals surface area contributed by atoms with E-state index in [9.17, 15) is 13.2 Å². The number of aryl methyl sites for hydroxylation is 1. The summed E-state index contributed by atoms with van der Waals surface area (Å²) in [6, 6.07) is 11.8. The number of hydrogen-bond donors (Lipinski definition) is 1. The minimum atomic E-state index is -3.72. The van der Waals surface area contributed by atoms with Crippen LogP contribution in [0.1, 0.15) is 5.56 Å². The average Bonchev–Trinajstić information content (AvgIpc) is 2.38. The molecule has 0 fully saturated rings. The summed E-state index contributed by atoms with van der Waals surface area (Å²) in [7, 11) is -3.72. The van der Waals surface area contributed by atoms with Crippen LogP contribution in [-0.2, 0) is 14.6 Å². The molecule has 2 N–H and O–H groups in total. The van der Waals surface area contributed by atoms with Crippen LogP contribution in [0.5, 0.6) is 0 Å². The van der Waals surface area contributed by atoms with Crippen molar-refractivity contribution in [3.8, 4) is 11.1 Å². The number of rotatable bonds is 4. The summed E-state index contributed by atoms with van der Waals surface area (Å²) >= 11 is 5.85. The number of halogens is 1. The first-order valence-electron chi connectivity index (χ1n) is 6.17. The van der Waals surface area contributed by atoms with Crippen LogP contribution in [0.25, 0.3) is 11.1 Å². The normalized spacial score (nSPS) is 11.3. The van der Waals surface area contributed by atoms with Gasteiger partial charge in [-0.25, -0.2) is 8.42 Å². The molecule has 0 saturated heterocycles. The van der Waals surface area contributed by atoms with Crippen molar-refractivity contribution < 1.29 is 13.2 Å². The lowest BCUT2D eigenvalue weighted by molar-refractivity contribution is -0.115. The van der Waals surface area contributed by atoms with Crippen molar-refractivity contribution in [3.05, 3.63) is 53.1 Å². The molecule has 0 heterocycles. The molecular weight excluding hydrogens is 310 g/mol. The van der Waals surface area contributed by atoms with E-state index in [-0.39, 0.29) is 4.90 Å². The lowest BCUT2D eigenvalue weighted by Crippen LogP contribution is -2.23. The third kappa shape index (κ3) is 3.62. The first kappa shape index (κ1) is 15.5. The molecule has 110 valence electrons. The Kier molecular flexibility index (Phi) is 4.34. The maximum absolute atomic E-state index is 12.1. The second kappa shape index (κ2) is 5.87. The van der Waals surface area contributed by atoms with Crippen molar-refractivity contribution in [1.29, 1.82) is 0 Å². The van der Waals surface area contributed by atoms with Crippen LogP contribution in [0, 0.1) is 6.92 Å². The maximum atomic E-state index is 12.1. The number of amides is 1. The molecule has 4 nitrogen and oxygen atoms in total. The minimum absolute atomic E-state index is 0.0804. The zero-order valence-electron chi connectivity index (χ0n) is 11.3. The number of hydrogen-bond acceptors (Lipinski definition) is 3. The highest BCUT2D eigenvalue weighted by Gasteiger charge is 2.18. The molecule has 0 unspecified atom stereocenters. The van der Waals surface area contributed by atoms with Gasteiger partial charge in [-0.05, 0) is 47.9 Å². The Balaban J connectivity index is 2.52. The van der Waals surface area contributed by atoms with E-state index in [1.807, 2.05) is 19.1 Å². The highest BCUT2D eigenvalue weighted by molar-refractivity contribution is 7.92. The lowest BCUT2D eigenvalue weighted by Gasteiger charge is -2.09. The maximum Gasteiger partial charge on any atom is 0.233 e. The summed E-state index contributed by atoms with van der Waals surface area (Å²) in [6.45, 7) is 1.88. The summed E-state index contributed by atoms with van der Waals surface area (Å²) in [5, 5.41) is 0.605. The number of primary amides is 1. The molecule has 2 rings (SSSR count). The van der Waals surface area contributed by atoms with E-state index in [4.69, 9.17) is 17.3 Å². The smallest absolute Gasteiger partial charge is 0.233 e. The van der Waals surface area contributed by atoms with E-state index in [1.165, 1.54) is 6.07 Å². The van der Waals surface area contributed by atoms with Crippen molar-refractivity contribution in [2.24, 2.45) is 5.73 Å². The second-order valence-corrected chi connectivity index (χ2v) is 7.14. The van der Waals surface area contributed by atoms with E-state index >= 15 is 0 Å². The van der Waals surface area contributed by atoms with Crippen molar-refractivity contribution in [3.63, 3.8) is 0 Å². The summed E-state index contributed by atoms with van der Waals surface area (Å²) < 4.78 is 24.1. The molecule has 0 radical (unpaired) electrons. The molecule has 0 aromatic heterocycles. The van der Waals surface area contributed by atoms with Crippen LogP contribution >= 0.6 is 11.6 Å². The first-order valence-corrected chi connectivity index (χ1v) is 8.20. The molecule has 0 spiro atoms. The predicted molar refractivity (Wildman–Crippen MR) is 82.9 cm³/mol. The third-order valence-corrected chi connectivity index (χ3v) is 4.94. The Morgan fingerprint density at radius 1 is 1.14 bits per heavy atom. The fourth-order valence-electron chi connectivity index (χ4n) is 2.01. The van der Waals surface area contributed by atoms with Gasteiger partial charge >= 0.3 is 0 Å². The number of benzene rings is 2. The third-order valence-electron chi connectivity index (χ3n) is 3.06. The zero-order chi connectivity index (χ0) is 15.6. The molecular formula is C15H14ClNO3S. The van der Waals surface area contributed by atoms with Gasteiger partial charge in [-0.1, -0.05) is 29.8 Å². The number of nitrogens with two attached hydrogens (primary N) is 1. The average molecular weight is 324 g/mol. The minimum Gasteiger partial charge on any atom is -0.369 e. The quantitative estimate of drug-likeness (QED) is 0.939. The van der Waals surface area contributed by atoms with Crippen LogP contribution < -0.4 is 5.73 Å². The second-order valence-electron chi connectivity index (χ2n) is 4.71. The van der Waals surface area contributed by atoms with Crippen LogP contribution in [0.15, 0.2) is 47.4 Å². The van der Waals surface area contributed by atoms with Crippen molar-refractivity contribution in [2.75, 3.05) is 5.75 Å². The number of carbonyl (C=O) groups excluding carboxylic acids is 1. The van der Waals surface area contributed by atoms with Gasteiger partial charge in [-0.15, -0.1) is 0 Å². The monoisotopic (exact) mass is 323 g/mol. The van der Waals surface area contributed by atoms with E-state index in [0.29, 0.717) is 5.02 Å². The molecule has 0 aliphatic heterocycles. The number of carbonyl (C=O) groups is 1. The zero-order valence-corrected chi connectivity index (χ0v) is 12.9.